The van der Waals surface area contributed by atoms with Gasteiger partial charge in [0.1, 0.15) is 5.82 Å². The van der Waals surface area contributed by atoms with E-state index in [1.54, 1.807) is 13.0 Å². The lowest BCUT2D eigenvalue weighted by molar-refractivity contribution is -0.387. The van der Waals surface area contributed by atoms with Gasteiger partial charge in [0.05, 0.1) is 10.6 Å². The van der Waals surface area contributed by atoms with E-state index in [1.807, 2.05) is 6.92 Å². The van der Waals surface area contributed by atoms with E-state index in [0.29, 0.717) is 10.0 Å². The molecular weight excluding hydrogens is 426 g/mol. The third kappa shape index (κ3) is 4.74. The third-order valence-corrected chi connectivity index (χ3v) is 4.41. The lowest BCUT2D eigenvalue weighted by Gasteiger charge is -1.99. The van der Waals surface area contributed by atoms with E-state index in [2.05, 4.69) is 31.9 Å². The Morgan fingerprint density at radius 1 is 1.00 bits per heavy atom. The molecule has 118 valence electrons. The lowest BCUT2D eigenvalue weighted by Crippen LogP contribution is -1.93. The molecule has 2 aromatic carbocycles. The number of aryl methyl sites for hydroxylation is 2. The first kappa shape index (κ1) is 18.5. The van der Waals surface area contributed by atoms with Crippen molar-refractivity contribution in [3.63, 3.8) is 0 Å². The predicted octanol–water partition coefficient (Wildman–Crippen LogP) is 5.28. The zero-order valence-electron chi connectivity index (χ0n) is 11.7. The predicted molar refractivity (Wildman–Crippen MR) is 88.7 cm³/mol. The van der Waals surface area contributed by atoms with E-state index in [1.165, 1.54) is 12.1 Å². The van der Waals surface area contributed by atoms with Gasteiger partial charge in [0, 0.05) is 15.0 Å². The fourth-order valence-electron chi connectivity index (χ4n) is 1.46. The summed E-state index contributed by atoms with van der Waals surface area (Å²) in [7, 11) is 0. The van der Waals surface area contributed by atoms with Crippen LogP contribution in [-0.2, 0) is 0 Å². The Labute approximate surface area is 142 Å². The van der Waals surface area contributed by atoms with Crippen LogP contribution in [0.4, 0.5) is 20.2 Å². The average molecular weight is 438 g/mol. The smallest absolute Gasteiger partial charge is 0.305 e. The first-order chi connectivity index (χ1) is 10.1. The SMILES string of the molecule is Cc1cc(N)c(F)cc1Br.Cc1cc([N+](=O)[O-])c(F)cc1Br. The number of halogens is 4. The van der Waals surface area contributed by atoms with E-state index in [4.69, 9.17) is 5.73 Å². The van der Waals surface area contributed by atoms with Crippen LogP contribution in [0.2, 0.25) is 0 Å². The molecule has 0 atom stereocenters. The maximum absolute atomic E-state index is 12.8. The molecule has 0 amide bonds. The van der Waals surface area contributed by atoms with Gasteiger partial charge in [0.15, 0.2) is 0 Å². The molecule has 8 heteroatoms. The van der Waals surface area contributed by atoms with Crippen LogP contribution in [0.25, 0.3) is 0 Å². The average Bonchev–Trinajstić information content (AvgIpc) is 2.41. The highest BCUT2D eigenvalue weighted by Crippen LogP contribution is 2.25. The third-order valence-electron chi connectivity index (χ3n) is 2.70. The number of nitrogens with two attached hydrogens (primary N) is 1. The molecule has 0 bridgehead atoms. The number of hydrogen-bond acceptors (Lipinski definition) is 3. The molecule has 0 fully saturated rings. The highest BCUT2D eigenvalue weighted by Gasteiger charge is 2.15. The van der Waals surface area contributed by atoms with Gasteiger partial charge in [-0.2, -0.15) is 4.39 Å². The molecule has 0 aliphatic heterocycles. The summed E-state index contributed by atoms with van der Waals surface area (Å²) in [4.78, 5) is 9.49. The number of benzene rings is 2. The Morgan fingerprint density at radius 2 is 1.45 bits per heavy atom. The fraction of sp³-hybridized carbons (Fsp3) is 0.143. The molecule has 0 heterocycles. The van der Waals surface area contributed by atoms with Gasteiger partial charge in [-0.25, -0.2) is 4.39 Å². The molecule has 0 unspecified atom stereocenters. The van der Waals surface area contributed by atoms with Gasteiger partial charge in [0.2, 0.25) is 5.82 Å². The highest BCUT2D eigenvalue weighted by molar-refractivity contribution is 9.10. The summed E-state index contributed by atoms with van der Waals surface area (Å²) >= 11 is 6.25. The zero-order chi connectivity index (χ0) is 17.0. The summed E-state index contributed by atoms with van der Waals surface area (Å²) < 4.78 is 26.7. The maximum atomic E-state index is 12.8. The molecule has 2 N–H and O–H groups in total. The summed E-state index contributed by atoms with van der Waals surface area (Å²) in [6, 6.07) is 5.25. The number of rotatable bonds is 1. The monoisotopic (exact) mass is 436 g/mol. The summed E-state index contributed by atoms with van der Waals surface area (Å²) in [5.41, 5.74) is 6.58. The van der Waals surface area contributed by atoms with Gasteiger partial charge in [-0.1, -0.05) is 31.9 Å². The van der Waals surface area contributed by atoms with E-state index >= 15 is 0 Å². The van der Waals surface area contributed by atoms with Crippen LogP contribution in [0.3, 0.4) is 0 Å². The summed E-state index contributed by atoms with van der Waals surface area (Å²) in [5, 5.41) is 10.2. The summed E-state index contributed by atoms with van der Waals surface area (Å²) in [5.74, 6) is -1.20. The Kier molecular flexibility index (Phi) is 6.43. The van der Waals surface area contributed by atoms with Crippen molar-refractivity contribution in [1.29, 1.82) is 0 Å². The molecular formula is C14H12Br2F2N2O2. The van der Waals surface area contributed by atoms with Gasteiger partial charge in [-0.05, 0) is 43.2 Å². The van der Waals surface area contributed by atoms with Crippen molar-refractivity contribution < 1.29 is 13.7 Å². The van der Waals surface area contributed by atoms with Gasteiger partial charge >= 0.3 is 5.69 Å². The van der Waals surface area contributed by atoms with Crippen LogP contribution < -0.4 is 5.73 Å². The fourth-order valence-corrected chi connectivity index (χ4v) is 2.09. The molecule has 4 nitrogen and oxygen atoms in total. The second-order valence-corrected chi connectivity index (χ2v) is 6.14. The van der Waals surface area contributed by atoms with Gasteiger partial charge in [-0.15, -0.1) is 0 Å². The van der Waals surface area contributed by atoms with Gasteiger partial charge in [-0.3, -0.25) is 10.1 Å². The second-order valence-electron chi connectivity index (χ2n) is 4.43. The molecule has 0 aromatic heterocycles. The van der Waals surface area contributed by atoms with Crippen LogP contribution in [0.15, 0.2) is 33.2 Å². The quantitative estimate of drug-likeness (QED) is 0.374. The summed E-state index contributed by atoms with van der Waals surface area (Å²) in [6.45, 7) is 3.52. The lowest BCUT2D eigenvalue weighted by atomic mass is 10.2. The Hall–Kier alpha value is -1.54. The van der Waals surface area contributed by atoms with Crippen molar-refractivity contribution >= 4 is 43.2 Å². The van der Waals surface area contributed by atoms with Crippen molar-refractivity contribution in [1.82, 2.24) is 0 Å². The molecule has 2 rings (SSSR count). The maximum Gasteiger partial charge on any atom is 0.305 e. The van der Waals surface area contributed by atoms with Crippen molar-refractivity contribution in [2.45, 2.75) is 13.8 Å². The number of nitro benzene ring substituents is 1. The van der Waals surface area contributed by atoms with E-state index in [9.17, 15) is 18.9 Å². The topological polar surface area (TPSA) is 69.2 Å². The minimum absolute atomic E-state index is 0.195. The molecule has 0 aliphatic rings. The number of anilines is 1. The molecule has 0 spiro atoms. The number of nitrogen functional groups attached to an aromatic ring is 1. The van der Waals surface area contributed by atoms with Crippen LogP contribution in [0.5, 0.6) is 0 Å². The van der Waals surface area contributed by atoms with Crippen molar-refractivity contribution in [3.05, 3.63) is 66.1 Å². The molecule has 0 radical (unpaired) electrons. The molecule has 0 saturated heterocycles. The summed E-state index contributed by atoms with van der Waals surface area (Å²) in [6.07, 6.45) is 0. The molecule has 0 saturated carbocycles. The molecule has 2 aromatic rings. The Morgan fingerprint density at radius 3 is 1.91 bits per heavy atom. The van der Waals surface area contributed by atoms with Crippen molar-refractivity contribution in [2.24, 2.45) is 0 Å². The van der Waals surface area contributed by atoms with Crippen LogP contribution in [0.1, 0.15) is 11.1 Å². The Balaban J connectivity index is 0.000000224. The van der Waals surface area contributed by atoms with Gasteiger partial charge < -0.3 is 5.73 Å². The van der Waals surface area contributed by atoms with Gasteiger partial charge in [0.25, 0.3) is 0 Å². The van der Waals surface area contributed by atoms with E-state index in [-0.39, 0.29) is 11.5 Å². The van der Waals surface area contributed by atoms with Crippen molar-refractivity contribution in [3.8, 4) is 0 Å². The van der Waals surface area contributed by atoms with Crippen LogP contribution in [-0.4, -0.2) is 4.92 Å². The van der Waals surface area contributed by atoms with E-state index in [0.717, 1.165) is 16.1 Å². The highest BCUT2D eigenvalue weighted by atomic mass is 79.9. The minimum Gasteiger partial charge on any atom is -0.396 e. The van der Waals surface area contributed by atoms with Crippen LogP contribution in [0, 0.1) is 35.6 Å². The number of nitro groups is 1. The van der Waals surface area contributed by atoms with Crippen LogP contribution >= 0.6 is 31.9 Å². The molecule has 22 heavy (non-hydrogen) atoms. The largest absolute Gasteiger partial charge is 0.396 e. The number of nitrogens with zero attached hydrogens (tertiary/aromatic N) is 1. The second kappa shape index (κ2) is 7.64. The van der Waals surface area contributed by atoms with Crippen molar-refractivity contribution in [2.75, 3.05) is 5.73 Å². The zero-order valence-corrected chi connectivity index (χ0v) is 14.8. The first-order valence-electron chi connectivity index (χ1n) is 5.94. The van der Waals surface area contributed by atoms with E-state index < -0.39 is 16.4 Å². The molecule has 0 aliphatic carbocycles. The normalized spacial score (nSPS) is 9.91. The first-order valence-corrected chi connectivity index (χ1v) is 7.53. The Bertz CT molecular complexity index is 674. The standard InChI is InChI=1S/C7H5BrFNO2.C7H7BrFN/c1-4-2-7(10(11)12)6(9)3-5(4)8;1-4-2-7(10)6(9)3-5(4)8/h2-3H,1H3;2-3H,10H2,1H3. The number of hydrogen-bond donors (Lipinski definition) is 1. The minimum atomic E-state index is -0.822.